The first-order valence-corrected chi connectivity index (χ1v) is 10.7. The summed E-state index contributed by atoms with van der Waals surface area (Å²) in [6.45, 7) is 7.23. The van der Waals surface area contributed by atoms with Gasteiger partial charge in [-0.1, -0.05) is 19.3 Å². The third-order valence-electron chi connectivity index (χ3n) is 7.21. The van der Waals surface area contributed by atoms with Crippen molar-refractivity contribution in [3.63, 3.8) is 0 Å². The lowest BCUT2D eigenvalue weighted by Crippen LogP contribution is -2.54. The second kappa shape index (κ2) is 7.42. The Bertz CT molecular complexity index is 765. The Labute approximate surface area is 162 Å². The Morgan fingerprint density at radius 1 is 1.07 bits per heavy atom. The van der Waals surface area contributed by atoms with Crippen molar-refractivity contribution in [2.45, 2.75) is 77.8 Å². The van der Waals surface area contributed by atoms with Crippen LogP contribution in [0.1, 0.15) is 68.2 Å². The Hall–Kier alpha value is -1.62. The normalized spacial score (nSPS) is 27.6. The van der Waals surface area contributed by atoms with Gasteiger partial charge < -0.3 is 9.88 Å². The van der Waals surface area contributed by atoms with Crippen LogP contribution in [0.4, 0.5) is 0 Å². The van der Waals surface area contributed by atoms with Crippen LogP contribution >= 0.6 is 0 Å². The molecular weight excluding hydrogens is 338 g/mol. The second-order valence-electron chi connectivity index (χ2n) is 9.04. The van der Waals surface area contributed by atoms with E-state index in [2.05, 4.69) is 14.8 Å². The SMILES string of the molecule is Cc1c[nH]c(CN2CCC3(CCCN(C4CCCCC4)C3=O)C2)c(C)c1=O. The number of nitrogens with one attached hydrogen (secondary N) is 1. The molecular formula is C22H33N3O2. The molecule has 1 saturated carbocycles. The van der Waals surface area contributed by atoms with Gasteiger partial charge in [0.15, 0.2) is 5.43 Å². The van der Waals surface area contributed by atoms with Crippen LogP contribution in [0.3, 0.4) is 0 Å². The fourth-order valence-corrected chi connectivity index (χ4v) is 5.50. The molecule has 148 valence electrons. The van der Waals surface area contributed by atoms with Crippen LogP contribution in [0.2, 0.25) is 0 Å². The van der Waals surface area contributed by atoms with Gasteiger partial charge in [0.2, 0.25) is 5.91 Å². The molecule has 2 saturated heterocycles. The van der Waals surface area contributed by atoms with Gasteiger partial charge in [0.1, 0.15) is 0 Å². The van der Waals surface area contributed by atoms with E-state index in [0.29, 0.717) is 11.9 Å². The highest BCUT2D eigenvalue weighted by Crippen LogP contribution is 2.42. The minimum Gasteiger partial charge on any atom is -0.363 e. The van der Waals surface area contributed by atoms with Crippen molar-refractivity contribution in [3.8, 4) is 0 Å². The van der Waals surface area contributed by atoms with E-state index in [-0.39, 0.29) is 10.8 Å². The van der Waals surface area contributed by atoms with E-state index in [1.807, 2.05) is 20.0 Å². The number of likely N-dealkylation sites (tertiary alicyclic amines) is 2. The molecule has 1 unspecified atom stereocenters. The first-order valence-electron chi connectivity index (χ1n) is 10.7. The smallest absolute Gasteiger partial charge is 0.230 e. The number of aromatic amines is 1. The van der Waals surface area contributed by atoms with Gasteiger partial charge in [-0.25, -0.2) is 0 Å². The van der Waals surface area contributed by atoms with Gasteiger partial charge in [-0.3, -0.25) is 14.5 Å². The number of amides is 1. The summed E-state index contributed by atoms with van der Waals surface area (Å²) >= 11 is 0. The zero-order valence-electron chi connectivity index (χ0n) is 16.9. The summed E-state index contributed by atoms with van der Waals surface area (Å²) in [4.78, 5) is 33.6. The molecule has 1 atom stereocenters. The van der Waals surface area contributed by atoms with Gasteiger partial charge in [-0.15, -0.1) is 0 Å². The third kappa shape index (κ3) is 3.46. The highest BCUT2D eigenvalue weighted by molar-refractivity contribution is 5.84. The van der Waals surface area contributed by atoms with E-state index >= 15 is 0 Å². The first kappa shape index (κ1) is 18.7. The number of nitrogens with zero attached hydrogens (tertiary/aromatic N) is 2. The molecule has 5 heteroatoms. The van der Waals surface area contributed by atoms with Crippen LogP contribution in [0.15, 0.2) is 11.0 Å². The van der Waals surface area contributed by atoms with E-state index in [4.69, 9.17) is 0 Å². The van der Waals surface area contributed by atoms with Gasteiger partial charge in [-0.05, 0) is 52.5 Å². The summed E-state index contributed by atoms with van der Waals surface area (Å²) in [6, 6.07) is 0.480. The summed E-state index contributed by atoms with van der Waals surface area (Å²) in [5.41, 5.74) is 2.52. The molecule has 5 nitrogen and oxygen atoms in total. The molecule has 0 radical (unpaired) electrons. The lowest BCUT2D eigenvalue weighted by Gasteiger charge is -2.44. The molecule has 0 bridgehead atoms. The first-order chi connectivity index (χ1) is 13.0. The quantitative estimate of drug-likeness (QED) is 0.888. The molecule has 3 fully saturated rings. The van der Waals surface area contributed by atoms with E-state index < -0.39 is 0 Å². The molecule has 27 heavy (non-hydrogen) atoms. The molecule has 1 aliphatic carbocycles. The molecule has 3 heterocycles. The molecule has 1 N–H and O–H groups in total. The Morgan fingerprint density at radius 2 is 1.85 bits per heavy atom. The number of rotatable bonds is 3. The van der Waals surface area contributed by atoms with E-state index in [1.54, 1.807) is 0 Å². The third-order valence-corrected chi connectivity index (χ3v) is 7.21. The standard InChI is InChI=1S/C22H33N3O2/c1-16-13-23-19(17(2)20(16)26)14-24-12-10-22(15-24)9-6-11-25(21(22)27)18-7-4-3-5-8-18/h13,18H,3-12,14-15H2,1-2H3,(H,23,26). The maximum absolute atomic E-state index is 13.5. The van der Waals surface area contributed by atoms with Crippen LogP contribution in [0.5, 0.6) is 0 Å². The van der Waals surface area contributed by atoms with Gasteiger partial charge in [0, 0.05) is 48.7 Å². The van der Waals surface area contributed by atoms with Crippen LogP contribution in [0, 0.1) is 19.3 Å². The van der Waals surface area contributed by atoms with Crippen molar-refractivity contribution in [1.82, 2.24) is 14.8 Å². The van der Waals surface area contributed by atoms with Crippen LogP contribution in [-0.4, -0.2) is 46.4 Å². The van der Waals surface area contributed by atoms with E-state index in [0.717, 1.165) is 62.3 Å². The molecule has 1 spiro atoms. The minimum atomic E-state index is -0.186. The second-order valence-corrected chi connectivity index (χ2v) is 9.04. The van der Waals surface area contributed by atoms with Gasteiger partial charge in [0.05, 0.1) is 5.41 Å². The number of hydrogen-bond acceptors (Lipinski definition) is 3. The molecule has 1 aromatic heterocycles. The monoisotopic (exact) mass is 371 g/mol. The Morgan fingerprint density at radius 3 is 2.63 bits per heavy atom. The van der Waals surface area contributed by atoms with Crippen molar-refractivity contribution in [2.24, 2.45) is 5.41 Å². The summed E-state index contributed by atoms with van der Waals surface area (Å²) in [5, 5.41) is 0. The number of piperidine rings is 1. The van der Waals surface area contributed by atoms with Crippen LogP contribution in [0.25, 0.3) is 0 Å². The molecule has 4 rings (SSSR count). The van der Waals surface area contributed by atoms with Crippen molar-refractivity contribution >= 4 is 5.91 Å². The topological polar surface area (TPSA) is 56.4 Å². The number of carbonyl (C=O) groups is 1. The van der Waals surface area contributed by atoms with Crippen LogP contribution in [-0.2, 0) is 11.3 Å². The lowest BCUT2D eigenvalue weighted by atomic mass is 9.77. The van der Waals surface area contributed by atoms with Gasteiger partial charge in [-0.2, -0.15) is 0 Å². The highest BCUT2D eigenvalue weighted by atomic mass is 16.2. The summed E-state index contributed by atoms with van der Waals surface area (Å²) in [6.07, 6.45) is 11.2. The molecule has 0 aromatic carbocycles. The number of pyridine rings is 1. The fourth-order valence-electron chi connectivity index (χ4n) is 5.50. The highest BCUT2D eigenvalue weighted by Gasteiger charge is 2.49. The Kier molecular flexibility index (Phi) is 5.15. The zero-order chi connectivity index (χ0) is 19.0. The molecule has 3 aliphatic rings. The molecule has 2 aliphatic heterocycles. The molecule has 1 aromatic rings. The number of aryl methyl sites for hydroxylation is 1. The van der Waals surface area contributed by atoms with Crippen molar-refractivity contribution in [1.29, 1.82) is 0 Å². The largest absolute Gasteiger partial charge is 0.363 e. The predicted octanol–water partition coefficient (Wildman–Crippen LogP) is 3.14. The number of hydrogen-bond donors (Lipinski definition) is 1. The van der Waals surface area contributed by atoms with Gasteiger partial charge >= 0.3 is 0 Å². The summed E-state index contributed by atoms with van der Waals surface area (Å²) < 4.78 is 0. The minimum absolute atomic E-state index is 0.134. The predicted molar refractivity (Wildman–Crippen MR) is 107 cm³/mol. The number of aromatic nitrogens is 1. The summed E-state index contributed by atoms with van der Waals surface area (Å²) in [5.74, 6) is 0.414. The average molecular weight is 372 g/mol. The molecule has 1 amide bonds. The van der Waals surface area contributed by atoms with Crippen molar-refractivity contribution < 1.29 is 4.79 Å². The fraction of sp³-hybridized carbons (Fsp3) is 0.727. The number of carbonyl (C=O) groups excluding carboxylic acids is 1. The van der Waals surface area contributed by atoms with Crippen LogP contribution < -0.4 is 5.43 Å². The maximum atomic E-state index is 13.5. The lowest BCUT2D eigenvalue weighted by molar-refractivity contribution is -0.149. The maximum Gasteiger partial charge on any atom is 0.230 e. The Balaban J connectivity index is 1.47. The summed E-state index contributed by atoms with van der Waals surface area (Å²) in [7, 11) is 0. The van der Waals surface area contributed by atoms with E-state index in [1.165, 1.54) is 32.1 Å². The van der Waals surface area contributed by atoms with E-state index in [9.17, 15) is 9.59 Å². The van der Waals surface area contributed by atoms with Gasteiger partial charge in [0.25, 0.3) is 0 Å². The van der Waals surface area contributed by atoms with Crippen molar-refractivity contribution in [2.75, 3.05) is 19.6 Å². The van der Waals surface area contributed by atoms with Crippen molar-refractivity contribution in [3.05, 3.63) is 33.2 Å². The zero-order valence-corrected chi connectivity index (χ0v) is 16.9. The average Bonchev–Trinajstić information content (AvgIpc) is 3.09. The number of H-pyrrole nitrogens is 1.